The Labute approximate surface area is 114 Å². The maximum absolute atomic E-state index is 11.6. The molecule has 0 atom stereocenters. The number of hydrogen-bond donors (Lipinski definition) is 2. The lowest BCUT2D eigenvalue weighted by Gasteiger charge is -2.08. The largest absolute Gasteiger partial charge is 0.495 e. The molecule has 4 nitrogen and oxygen atoms in total. The highest BCUT2D eigenvalue weighted by molar-refractivity contribution is 5.91. The zero-order chi connectivity index (χ0) is 12.7. The lowest BCUT2D eigenvalue weighted by molar-refractivity contribution is -0.116. The number of rotatable bonds is 6. The molecule has 0 fully saturated rings. The van der Waals surface area contributed by atoms with Crippen molar-refractivity contribution in [3.8, 4) is 5.75 Å². The molecule has 18 heavy (non-hydrogen) atoms. The van der Waals surface area contributed by atoms with Gasteiger partial charge in [0.15, 0.2) is 0 Å². The van der Waals surface area contributed by atoms with E-state index in [9.17, 15) is 4.79 Å². The molecule has 1 aromatic rings. The van der Waals surface area contributed by atoms with Crippen LogP contribution in [-0.4, -0.2) is 13.0 Å². The Morgan fingerprint density at radius 1 is 1.39 bits per heavy atom. The summed E-state index contributed by atoms with van der Waals surface area (Å²) in [6.45, 7) is 2.11. The van der Waals surface area contributed by atoms with Crippen molar-refractivity contribution in [2.24, 2.45) is 0 Å². The van der Waals surface area contributed by atoms with Crippen LogP contribution in [0.25, 0.3) is 0 Å². The summed E-state index contributed by atoms with van der Waals surface area (Å²) in [5.41, 5.74) is 6.99. The Morgan fingerprint density at radius 2 is 2.11 bits per heavy atom. The molecule has 1 rings (SSSR count). The minimum atomic E-state index is 0. The van der Waals surface area contributed by atoms with E-state index in [4.69, 9.17) is 10.5 Å². The first-order valence-corrected chi connectivity index (χ1v) is 5.90. The van der Waals surface area contributed by atoms with Crippen LogP contribution in [-0.2, 0) is 4.79 Å². The van der Waals surface area contributed by atoms with Gasteiger partial charge >= 0.3 is 0 Å². The smallest absolute Gasteiger partial charge is 0.224 e. The van der Waals surface area contributed by atoms with Gasteiger partial charge in [-0.3, -0.25) is 4.79 Å². The fourth-order valence-corrected chi connectivity index (χ4v) is 1.57. The number of unbranched alkanes of at least 4 members (excludes halogenated alkanes) is 2. The fourth-order valence-electron chi connectivity index (χ4n) is 1.57. The first kappa shape index (κ1) is 16.6. The molecule has 0 aliphatic rings. The van der Waals surface area contributed by atoms with E-state index in [0.29, 0.717) is 23.5 Å². The molecule has 102 valence electrons. The van der Waals surface area contributed by atoms with Crippen LogP contribution in [0.1, 0.15) is 32.6 Å². The number of amides is 1. The Bertz CT molecular complexity index is 383. The van der Waals surface area contributed by atoms with Crippen molar-refractivity contribution < 1.29 is 9.53 Å². The number of nitrogens with two attached hydrogens (primary N) is 1. The quantitative estimate of drug-likeness (QED) is 0.617. The molecule has 0 spiro atoms. The standard InChI is InChI=1S/C13H20N2O2.ClH/c1-3-4-5-6-13(16)15-10-7-8-12(17-2)11(14)9-10;/h7-9H,3-6,14H2,1-2H3,(H,15,16);1H. The summed E-state index contributed by atoms with van der Waals surface area (Å²) in [7, 11) is 1.56. The van der Waals surface area contributed by atoms with Crippen LogP contribution in [0.2, 0.25) is 0 Å². The Hall–Kier alpha value is -1.42. The third-order valence-electron chi connectivity index (χ3n) is 2.52. The number of methoxy groups -OCH3 is 1. The van der Waals surface area contributed by atoms with E-state index in [1.54, 1.807) is 25.3 Å². The molecule has 0 bridgehead atoms. The number of halogens is 1. The van der Waals surface area contributed by atoms with Gasteiger partial charge in [0.1, 0.15) is 5.75 Å². The van der Waals surface area contributed by atoms with Gasteiger partial charge in [-0.05, 0) is 24.6 Å². The van der Waals surface area contributed by atoms with Crippen molar-refractivity contribution in [3.05, 3.63) is 18.2 Å². The Kier molecular flexibility index (Phi) is 7.96. The number of carbonyl (C=O) groups is 1. The summed E-state index contributed by atoms with van der Waals surface area (Å²) < 4.78 is 5.05. The zero-order valence-corrected chi connectivity index (χ0v) is 11.7. The summed E-state index contributed by atoms with van der Waals surface area (Å²) in [6, 6.07) is 5.24. The second kappa shape index (κ2) is 8.64. The molecule has 0 aliphatic carbocycles. The zero-order valence-electron chi connectivity index (χ0n) is 10.9. The first-order chi connectivity index (χ1) is 8.17. The molecule has 1 aromatic carbocycles. The van der Waals surface area contributed by atoms with Gasteiger partial charge < -0.3 is 15.8 Å². The van der Waals surface area contributed by atoms with E-state index in [-0.39, 0.29) is 18.3 Å². The molecule has 0 radical (unpaired) electrons. The monoisotopic (exact) mass is 272 g/mol. The van der Waals surface area contributed by atoms with Gasteiger partial charge in [0, 0.05) is 12.1 Å². The summed E-state index contributed by atoms with van der Waals surface area (Å²) in [6.07, 6.45) is 3.68. The normalized spacial score (nSPS) is 9.44. The molecule has 5 heteroatoms. The highest BCUT2D eigenvalue weighted by Crippen LogP contribution is 2.24. The predicted molar refractivity (Wildman–Crippen MR) is 77.4 cm³/mol. The van der Waals surface area contributed by atoms with Crippen molar-refractivity contribution >= 4 is 29.7 Å². The van der Waals surface area contributed by atoms with E-state index >= 15 is 0 Å². The van der Waals surface area contributed by atoms with Crippen molar-refractivity contribution in [2.45, 2.75) is 32.6 Å². The summed E-state index contributed by atoms with van der Waals surface area (Å²) in [5.74, 6) is 0.650. The van der Waals surface area contributed by atoms with Gasteiger partial charge in [-0.25, -0.2) is 0 Å². The second-order valence-corrected chi connectivity index (χ2v) is 3.96. The first-order valence-electron chi connectivity index (χ1n) is 5.90. The van der Waals surface area contributed by atoms with Crippen LogP contribution in [0, 0.1) is 0 Å². The Morgan fingerprint density at radius 3 is 2.67 bits per heavy atom. The SMILES string of the molecule is CCCCCC(=O)Nc1ccc(OC)c(N)c1.Cl. The number of hydrogen-bond acceptors (Lipinski definition) is 3. The summed E-state index contributed by atoms with van der Waals surface area (Å²) in [5, 5.41) is 2.82. The number of ether oxygens (including phenoxy) is 1. The molecule has 0 aromatic heterocycles. The minimum Gasteiger partial charge on any atom is -0.495 e. The third-order valence-corrected chi connectivity index (χ3v) is 2.52. The lowest BCUT2D eigenvalue weighted by Crippen LogP contribution is -2.11. The highest BCUT2D eigenvalue weighted by atomic mass is 35.5. The van der Waals surface area contributed by atoms with Gasteiger partial charge in [0.25, 0.3) is 0 Å². The maximum Gasteiger partial charge on any atom is 0.224 e. The number of nitrogen functional groups attached to an aromatic ring is 1. The molecular formula is C13H21ClN2O2. The number of anilines is 2. The molecule has 0 saturated carbocycles. The van der Waals surface area contributed by atoms with Gasteiger partial charge in [0.2, 0.25) is 5.91 Å². The van der Waals surface area contributed by atoms with Crippen LogP contribution in [0.3, 0.4) is 0 Å². The number of benzene rings is 1. The van der Waals surface area contributed by atoms with E-state index in [2.05, 4.69) is 12.2 Å². The molecule has 0 aliphatic heterocycles. The molecular weight excluding hydrogens is 252 g/mol. The van der Waals surface area contributed by atoms with Crippen molar-refractivity contribution in [2.75, 3.05) is 18.2 Å². The molecule has 0 unspecified atom stereocenters. The lowest BCUT2D eigenvalue weighted by atomic mass is 10.2. The van der Waals surface area contributed by atoms with Gasteiger partial charge in [-0.2, -0.15) is 0 Å². The second-order valence-electron chi connectivity index (χ2n) is 3.96. The van der Waals surface area contributed by atoms with E-state index in [1.807, 2.05) is 0 Å². The topological polar surface area (TPSA) is 64.3 Å². The van der Waals surface area contributed by atoms with Crippen molar-refractivity contribution in [1.82, 2.24) is 0 Å². The Balaban J connectivity index is 0.00000289. The van der Waals surface area contributed by atoms with Crippen molar-refractivity contribution in [3.63, 3.8) is 0 Å². The average Bonchev–Trinajstić information content (AvgIpc) is 2.29. The minimum absolute atomic E-state index is 0. The highest BCUT2D eigenvalue weighted by Gasteiger charge is 2.04. The predicted octanol–water partition coefficient (Wildman–Crippen LogP) is 3.22. The van der Waals surface area contributed by atoms with E-state index in [1.165, 1.54) is 0 Å². The molecule has 3 N–H and O–H groups in total. The van der Waals surface area contributed by atoms with E-state index < -0.39 is 0 Å². The van der Waals surface area contributed by atoms with Gasteiger partial charge in [0.05, 0.1) is 12.8 Å². The van der Waals surface area contributed by atoms with Gasteiger partial charge in [-0.15, -0.1) is 12.4 Å². The fraction of sp³-hybridized carbons (Fsp3) is 0.462. The molecule has 0 heterocycles. The average molecular weight is 273 g/mol. The van der Waals surface area contributed by atoms with Crippen molar-refractivity contribution in [1.29, 1.82) is 0 Å². The van der Waals surface area contributed by atoms with Crippen LogP contribution >= 0.6 is 12.4 Å². The number of carbonyl (C=O) groups excluding carboxylic acids is 1. The molecule has 0 saturated heterocycles. The van der Waals surface area contributed by atoms with Crippen LogP contribution in [0.5, 0.6) is 5.75 Å². The molecule has 1 amide bonds. The van der Waals surface area contributed by atoms with Gasteiger partial charge in [-0.1, -0.05) is 19.8 Å². The maximum atomic E-state index is 11.6. The van der Waals surface area contributed by atoms with E-state index in [0.717, 1.165) is 19.3 Å². The number of nitrogens with one attached hydrogen (secondary N) is 1. The van der Waals surface area contributed by atoms with Crippen LogP contribution < -0.4 is 15.8 Å². The van der Waals surface area contributed by atoms with Crippen LogP contribution in [0.4, 0.5) is 11.4 Å². The summed E-state index contributed by atoms with van der Waals surface area (Å²) >= 11 is 0. The summed E-state index contributed by atoms with van der Waals surface area (Å²) in [4.78, 5) is 11.6. The third kappa shape index (κ3) is 5.27. The van der Waals surface area contributed by atoms with Crippen LogP contribution in [0.15, 0.2) is 18.2 Å².